The Balaban J connectivity index is -0.000000946. The molecule has 28 heavy (non-hydrogen) atoms. The lowest BCUT2D eigenvalue weighted by atomic mass is 10.1. The van der Waals surface area contributed by atoms with Crippen molar-refractivity contribution in [1.29, 1.82) is 5.41 Å². The number of halogens is 4. The first-order chi connectivity index (χ1) is 13.3. The number of alkyl halides is 3. The first kappa shape index (κ1) is 31.2. The fourth-order valence-corrected chi connectivity index (χ4v) is 2.43. The number of nitrogens with one attached hydrogen (secondary N) is 3. The second-order valence-corrected chi connectivity index (χ2v) is 5.34. The van der Waals surface area contributed by atoms with Crippen molar-refractivity contribution < 1.29 is 18.0 Å². The minimum absolute atomic E-state index is 0.0319. The number of rotatable bonds is 6. The third kappa shape index (κ3) is 12.8. The molecule has 1 aromatic rings. The van der Waals surface area contributed by atoms with Gasteiger partial charge in [0.2, 0.25) is 0 Å². The highest BCUT2D eigenvalue weighted by molar-refractivity contribution is 8.02. The van der Waals surface area contributed by atoms with Gasteiger partial charge in [-0.2, -0.15) is 13.2 Å². The molecular weight excluding hydrogens is 411 g/mol. The quantitative estimate of drug-likeness (QED) is 0.267. The maximum atomic E-state index is 13.2. The van der Waals surface area contributed by atoms with Crippen LogP contribution in [-0.2, 0) is 4.79 Å². The van der Waals surface area contributed by atoms with Crippen molar-refractivity contribution in [2.24, 2.45) is 0 Å². The maximum absolute atomic E-state index is 13.2. The normalized spacial score (nSPS) is 11.3. The van der Waals surface area contributed by atoms with E-state index in [0.717, 1.165) is 12.3 Å². The lowest BCUT2D eigenvalue weighted by Gasteiger charge is -2.22. The Kier molecular flexibility index (Phi) is 21.0. The zero-order valence-corrected chi connectivity index (χ0v) is 18.9. The van der Waals surface area contributed by atoms with Crippen molar-refractivity contribution in [3.05, 3.63) is 45.8 Å². The van der Waals surface area contributed by atoms with Crippen LogP contribution < -0.4 is 10.0 Å². The van der Waals surface area contributed by atoms with Crippen molar-refractivity contribution in [2.75, 3.05) is 7.05 Å². The Morgan fingerprint density at radius 2 is 1.57 bits per heavy atom. The van der Waals surface area contributed by atoms with E-state index in [2.05, 4.69) is 10.0 Å². The number of benzene rings is 1. The molecular formula is C19H31ClF3N3OS. The van der Waals surface area contributed by atoms with Crippen molar-refractivity contribution >= 4 is 35.7 Å². The predicted octanol–water partition coefficient (Wildman–Crippen LogP) is 6.54. The van der Waals surface area contributed by atoms with E-state index in [1.807, 2.05) is 41.5 Å². The molecule has 162 valence electrons. The molecule has 0 aliphatic rings. The number of hydrogen-bond donors (Lipinski definition) is 3. The molecule has 0 aromatic heterocycles. The summed E-state index contributed by atoms with van der Waals surface area (Å²) in [7, 11) is 1.35. The molecule has 0 heterocycles. The Morgan fingerprint density at radius 3 is 1.93 bits per heavy atom. The first-order valence-electron chi connectivity index (χ1n) is 8.97. The van der Waals surface area contributed by atoms with Crippen LogP contribution in [0, 0.1) is 5.41 Å². The van der Waals surface area contributed by atoms with Gasteiger partial charge in [-0.15, -0.1) is 0 Å². The number of carbonyl (C=O) groups is 1. The molecule has 0 saturated carbocycles. The van der Waals surface area contributed by atoms with Crippen molar-refractivity contribution in [3.63, 3.8) is 0 Å². The van der Waals surface area contributed by atoms with Gasteiger partial charge in [0.05, 0.1) is 4.91 Å². The van der Waals surface area contributed by atoms with Crippen molar-refractivity contribution in [3.8, 4) is 0 Å². The van der Waals surface area contributed by atoms with Gasteiger partial charge in [0.15, 0.2) is 0 Å². The predicted molar refractivity (Wildman–Crippen MR) is 116 cm³/mol. The highest BCUT2D eigenvalue weighted by atomic mass is 35.5. The zero-order valence-electron chi connectivity index (χ0n) is 17.4. The fourth-order valence-electron chi connectivity index (χ4n) is 1.46. The molecule has 0 aliphatic carbocycles. The van der Waals surface area contributed by atoms with Gasteiger partial charge in [-0.1, -0.05) is 65.3 Å². The highest BCUT2D eigenvalue weighted by Gasteiger charge is 2.41. The van der Waals surface area contributed by atoms with Crippen molar-refractivity contribution in [1.82, 2.24) is 10.0 Å². The maximum Gasteiger partial charge on any atom is 0.408 e. The minimum atomic E-state index is -4.56. The summed E-state index contributed by atoms with van der Waals surface area (Å²) in [5, 5.41) is 9.55. The number of hydrogen-bond acceptors (Lipinski definition) is 4. The van der Waals surface area contributed by atoms with Gasteiger partial charge < -0.3 is 10.7 Å². The van der Waals surface area contributed by atoms with Crippen LogP contribution in [0.3, 0.4) is 0 Å². The number of carbonyl (C=O) groups excluding carboxylic acids is 1. The second-order valence-electron chi connectivity index (χ2n) is 4.02. The number of amides is 1. The smallest absolute Gasteiger partial charge is 0.355 e. The summed E-state index contributed by atoms with van der Waals surface area (Å²) < 4.78 is 41.7. The summed E-state index contributed by atoms with van der Waals surface area (Å²) >= 11 is 6.17. The zero-order chi connectivity index (χ0) is 22.8. The minimum Gasteiger partial charge on any atom is -0.355 e. The molecule has 9 heteroatoms. The van der Waals surface area contributed by atoms with Gasteiger partial charge in [0.1, 0.15) is 6.04 Å². The molecule has 3 N–H and O–H groups in total. The summed E-state index contributed by atoms with van der Waals surface area (Å²) in [6, 6.07) is 3.25. The molecule has 0 aliphatic heterocycles. The molecule has 0 spiro atoms. The summed E-state index contributed by atoms with van der Waals surface area (Å²) in [5.74, 6) is -0.585. The van der Waals surface area contributed by atoms with E-state index in [0.29, 0.717) is 17.0 Å². The molecule has 1 atom stereocenters. The third-order valence-corrected chi connectivity index (χ3v) is 3.65. The average Bonchev–Trinajstić information content (AvgIpc) is 2.71. The first-order valence-corrected chi connectivity index (χ1v) is 10.2. The van der Waals surface area contributed by atoms with Crippen LogP contribution in [0.2, 0.25) is 5.02 Å². The van der Waals surface area contributed by atoms with Gasteiger partial charge in [-0.3, -0.25) is 4.79 Å². The molecule has 1 rings (SSSR count). The monoisotopic (exact) mass is 441 g/mol. The molecule has 4 nitrogen and oxygen atoms in total. The number of likely N-dealkylation sites (N-methyl/N-ethyl adjacent to an activating group) is 1. The Hall–Kier alpha value is -1.51. The summed E-state index contributed by atoms with van der Waals surface area (Å²) in [4.78, 5) is 11.4. The van der Waals surface area contributed by atoms with Crippen LogP contribution >= 0.6 is 23.5 Å². The third-order valence-electron chi connectivity index (χ3n) is 2.50. The van der Waals surface area contributed by atoms with E-state index in [-0.39, 0.29) is 10.5 Å². The fraction of sp³-hybridized carbons (Fsp3) is 0.474. The molecule has 0 bridgehead atoms. The molecule has 1 aromatic carbocycles. The Bertz CT molecular complexity index is 565. The van der Waals surface area contributed by atoms with Gasteiger partial charge in [0.25, 0.3) is 5.91 Å². The standard InChI is InChI=1S/C13H13ClF3N3OS.3C2H6/c1-19-12(21)10(6-7-18)22-20-11(13(15,16)17)8-2-4-9(14)5-3-8;3*1-2/h2-7,11,18,20H,1H3,(H,19,21);3*1-2H3/b10-6+,18-7?;;;/t11-;;;/m1.../s1. The van der Waals surface area contributed by atoms with Crippen LogP contribution in [0.15, 0.2) is 35.2 Å². The largest absolute Gasteiger partial charge is 0.408 e. The Morgan fingerprint density at radius 1 is 1.11 bits per heavy atom. The van der Waals surface area contributed by atoms with E-state index in [9.17, 15) is 18.0 Å². The highest BCUT2D eigenvalue weighted by Crippen LogP contribution is 2.35. The van der Waals surface area contributed by atoms with Crippen LogP contribution in [0.25, 0.3) is 0 Å². The molecule has 0 radical (unpaired) electrons. The van der Waals surface area contributed by atoms with Crippen molar-refractivity contribution in [2.45, 2.75) is 53.8 Å². The SMILES string of the molecule is CC.CC.CC.CNC(=O)/C(=C\C=N)SN[C@H](c1ccc(Cl)cc1)C(F)(F)F. The van der Waals surface area contributed by atoms with E-state index in [1.54, 1.807) is 0 Å². The van der Waals surface area contributed by atoms with Crippen LogP contribution in [0.1, 0.15) is 53.1 Å². The van der Waals surface area contributed by atoms with Crippen LogP contribution in [0.4, 0.5) is 13.2 Å². The molecule has 1 amide bonds. The van der Waals surface area contributed by atoms with Gasteiger partial charge in [-0.25, -0.2) is 4.72 Å². The van der Waals surface area contributed by atoms with E-state index < -0.39 is 18.1 Å². The van der Waals surface area contributed by atoms with Gasteiger partial charge in [0, 0.05) is 18.3 Å². The van der Waals surface area contributed by atoms with Gasteiger partial charge >= 0.3 is 6.18 Å². The second kappa shape index (κ2) is 18.8. The summed E-state index contributed by atoms with van der Waals surface area (Å²) in [5.41, 5.74) is -0.0319. The average molecular weight is 442 g/mol. The van der Waals surface area contributed by atoms with E-state index >= 15 is 0 Å². The van der Waals surface area contributed by atoms with Crippen LogP contribution in [-0.4, -0.2) is 25.3 Å². The van der Waals surface area contributed by atoms with E-state index in [4.69, 9.17) is 17.0 Å². The lowest BCUT2D eigenvalue weighted by Crippen LogP contribution is -2.31. The summed E-state index contributed by atoms with van der Waals surface area (Å²) in [6.45, 7) is 12.0. The molecule has 0 saturated heterocycles. The van der Waals surface area contributed by atoms with Gasteiger partial charge in [-0.05, 0) is 35.7 Å². The van der Waals surface area contributed by atoms with E-state index in [1.165, 1.54) is 31.3 Å². The molecule has 0 fully saturated rings. The topological polar surface area (TPSA) is 65.0 Å². The Labute approximate surface area is 176 Å². The number of allylic oxidation sites excluding steroid dienone is 1. The molecule has 0 unspecified atom stereocenters. The summed E-state index contributed by atoms with van der Waals surface area (Å²) in [6.07, 6.45) is -2.63. The van der Waals surface area contributed by atoms with Crippen LogP contribution in [0.5, 0.6) is 0 Å². The lowest BCUT2D eigenvalue weighted by molar-refractivity contribution is -0.152.